The van der Waals surface area contributed by atoms with Gasteiger partial charge in [0.2, 0.25) is 0 Å². The highest BCUT2D eigenvalue weighted by Gasteiger charge is 2.71. The molecule has 2 aliphatic heterocycles. The fraction of sp³-hybridized carbons (Fsp3) is 0.516. The molecule has 1 aromatic carbocycles. The van der Waals surface area contributed by atoms with Crippen molar-refractivity contribution in [2.24, 2.45) is 11.3 Å². The van der Waals surface area contributed by atoms with Gasteiger partial charge in [-0.05, 0) is 60.3 Å². The summed E-state index contributed by atoms with van der Waals surface area (Å²) in [4.78, 5) is 13.4. The van der Waals surface area contributed by atoms with Gasteiger partial charge in [0.05, 0.1) is 32.3 Å². The van der Waals surface area contributed by atoms with Crippen LogP contribution in [0, 0.1) is 11.3 Å². The monoisotopic (exact) mass is 557 g/mol. The Kier molecular flexibility index (Phi) is 6.36. The van der Waals surface area contributed by atoms with E-state index in [1.54, 1.807) is 36.4 Å². The molecule has 0 radical (unpaired) electrons. The van der Waals surface area contributed by atoms with Crippen molar-refractivity contribution in [2.75, 3.05) is 20.1 Å². The van der Waals surface area contributed by atoms with E-state index in [1.807, 2.05) is 13.0 Å². The van der Waals surface area contributed by atoms with Crippen LogP contribution in [0.2, 0.25) is 0 Å². The first-order valence-corrected chi connectivity index (χ1v) is 14.0. The van der Waals surface area contributed by atoms with Crippen LogP contribution in [0.3, 0.4) is 0 Å². The quantitative estimate of drug-likeness (QED) is 0.170. The van der Waals surface area contributed by atoms with Gasteiger partial charge in [0.15, 0.2) is 11.5 Å². The Labute approximate surface area is 232 Å². The summed E-state index contributed by atoms with van der Waals surface area (Å²) in [5.41, 5.74) is 1.11. The largest absolute Gasteiger partial charge is 0.573 e. The third-order valence-corrected chi connectivity index (χ3v) is 10.0. The molecule has 3 fully saturated rings. The van der Waals surface area contributed by atoms with E-state index in [9.17, 15) is 23.1 Å². The molecule has 214 valence electrons. The maximum absolute atomic E-state index is 13.4. The van der Waals surface area contributed by atoms with Crippen molar-refractivity contribution in [3.05, 3.63) is 77.1 Å². The van der Waals surface area contributed by atoms with Crippen LogP contribution >= 0.6 is 0 Å². The molecule has 2 saturated heterocycles. The molecule has 1 amide bonds. The predicted molar refractivity (Wildman–Crippen MR) is 143 cm³/mol. The van der Waals surface area contributed by atoms with E-state index in [0.29, 0.717) is 17.5 Å². The molecule has 2 bridgehead atoms. The highest BCUT2D eigenvalue weighted by Crippen LogP contribution is 2.67. The lowest BCUT2D eigenvalue weighted by atomic mass is 9.49. The fourth-order valence-corrected chi connectivity index (χ4v) is 8.52. The Morgan fingerprint density at radius 3 is 2.75 bits per heavy atom. The number of piperidine rings is 1. The molecule has 3 aliphatic carbocycles. The lowest BCUT2D eigenvalue weighted by molar-refractivity contribution is -0.940. The van der Waals surface area contributed by atoms with Gasteiger partial charge in [0.1, 0.15) is 6.10 Å². The predicted octanol–water partition coefficient (Wildman–Crippen LogP) is 4.99. The summed E-state index contributed by atoms with van der Waals surface area (Å²) in [6, 6.07) is 8.52. The lowest BCUT2D eigenvalue weighted by Crippen LogP contribution is -2.69. The number of likely N-dealkylation sites (tertiary alicyclic amines) is 1. The zero-order valence-corrected chi connectivity index (χ0v) is 22.8. The highest BCUT2D eigenvalue weighted by molar-refractivity contribution is 5.96. The number of halogens is 3. The fourth-order valence-electron chi connectivity index (χ4n) is 8.52. The van der Waals surface area contributed by atoms with Crippen LogP contribution < -0.4 is 5.32 Å². The van der Waals surface area contributed by atoms with E-state index in [2.05, 4.69) is 23.7 Å². The van der Waals surface area contributed by atoms with Gasteiger partial charge in [-0.25, -0.2) is 0 Å². The van der Waals surface area contributed by atoms with Crippen molar-refractivity contribution in [1.29, 1.82) is 0 Å². The number of likely N-dealkylation sites (N-methyl/N-ethyl adjacent to an activating group) is 1. The second-order valence-electron chi connectivity index (χ2n) is 12.2. The molecule has 6 rings (SSSR count). The Morgan fingerprint density at radius 2 is 2.05 bits per heavy atom. The minimum atomic E-state index is -5.09. The molecular weight excluding hydrogens is 521 g/mol. The SMILES string of the molecule is C=CC[N+]1(C)CC[C@@]23C4=C5C[C@@H]1[C@@H]2CCC[C@@H]3OC4C(O)(NC(=O)C(=Cc1ccccc1)OC(F)(F)F)C=C5C. The van der Waals surface area contributed by atoms with E-state index in [4.69, 9.17) is 4.74 Å². The van der Waals surface area contributed by atoms with Crippen LogP contribution in [0.5, 0.6) is 0 Å². The zero-order chi connectivity index (χ0) is 28.5. The maximum Gasteiger partial charge on any atom is 0.573 e. The minimum absolute atomic E-state index is 0.116. The zero-order valence-electron chi connectivity index (χ0n) is 22.8. The van der Waals surface area contributed by atoms with E-state index in [0.717, 1.165) is 72.5 Å². The number of nitrogens with zero attached hydrogens (tertiary/aromatic N) is 1. The van der Waals surface area contributed by atoms with Gasteiger partial charge < -0.3 is 24.4 Å². The van der Waals surface area contributed by atoms with Crippen LogP contribution in [-0.2, 0) is 14.3 Å². The number of hydrogen-bond acceptors (Lipinski definition) is 4. The van der Waals surface area contributed by atoms with Crippen molar-refractivity contribution >= 4 is 12.0 Å². The Balaban J connectivity index is 1.38. The molecule has 9 heteroatoms. The van der Waals surface area contributed by atoms with E-state index >= 15 is 0 Å². The highest BCUT2D eigenvalue weighted by atomic mass is 19.4. The second-order valence-corrected chi connectivity index (χ2v) is 12.2. The van der Waals surface area contributed by atoms with Crippen molar-refractivity contribution in [3.8, 4) is 0 Å². The number of alkyl halides is 3. The first-order valence-electron chi connectivity index (χ1n) is 14.0. The summed E-state index contributed by atoms with van der Waals surface area (Å²) in [5, 5.41) is 14.5. The third kappa shape index (κ3) is 4.16. The number of carbonyl (C=O) groups excluding carboxylic acids is 1. The van der Waals surface area contributed by atoms with Crippen LogP contribution in [0.1, 0.15) is 44.6 Å². The molecule has 1 saturated carbocycles. The van der Waals surface area contributed by atoms with Crippen molar-refractivity contribution in [1.82, 2.24) is 5.32 Å². The number of ether oxygens (including phenoxy) is 2. The van der Waals surface area contributed by atoms with Gasteiger partial charge in [0, 0.05) is 24.2 Å². The topological polar surface area (TPSA) is 67.8 Å². The standard InChI is InChI=1S/C31H35F3N2O4/c1-4-14-36(3)15-13-29-22-11-8-12-25(29)39-27-26(29)21(17-23(22)36)19(2)18-30(27,38)35-28(37)24(40-31(32,33)34)16-20-9-6-5-7-10-20/h4-7,9-10,16,18,22-23,25,27,38H,1,8,11-15,17H2,2-3H3/p+1/t22-,23+,25-,27?,29+,30?,36?/m0/s1. The van der Waals surface area contributed by atoms with E-state index in [1.165, 1.54) is 0 Å². The summed E-state index contributed by atoms with van der Waals surface area (Å²) >= 11 is 0. The normalized spacial score (nSPS) is 38.4. The molecule has 2 heterocycles. The Hall–Kier alpha value is -2.88. The number of allylic oxidation sites excluding steroid dienone is 1. The van der Waals surface area contributed by atoms with Crippen molar-refractivity contribution < 1.29 is 37.0 Å². The number of hydrogen-bond donors (Lipinski definition) is 2. The molecule has 0 aromatic heterocycles. The van der Waals surface area contributed by atoms with Gasteiger partial charge in [0.25, 0.3) is 5.91 Å². The molecule has 5 aliphatic rings. The average Bonchev–Trinajstić information content (AvgIpc) is 3.23. The number of carbonyl (C=O) groups is 1. The smallest absolute Gasteiger partial charge is 0.400 e. The molecule has 2 N–H and O–H groups in total. The molecule has 1 spiro atoms. The lowest BCUT2D eigenvalue weighted by Gasteiger charge is -2.62. The first-order chi connectivity index (χ1) is 18.9. The minimum Gasteiger partial charge on any atom is -0.400 e. The van der Waals surface area contributed by atoms with Crippen LogP contribution in [0.15, 0.2) is 71.5 Å². The molecule has 7 atom stereocenters. The number of rotatable bonds is 6. The third-order valence-electron chi connectivity index (χ3n) is 10.0. The number of benzene rings is 1. The van der Waals surface area contributed by atoms with Crippen LogP contribution in [0.25, 0.3) is 6.08 Å². The molecule has 1 aromatic rings. The van der Waals surface area contributed by atoms with Crippen LogP contribution in [0.4, 0.5) is 13.2 Å². The van der Waals surface area contributed by atoms with Gasteiger partial charge >= 0.3 is 6.36 Å². The van der Waals surface area contributed by atoms with E-state index < -0.39 is 29.9 Å². The summed E-state index contributed by atoms with van der Waals surface area (Å²) in [6.45, 7) is 7.75. The van der Waals surface area contributed by atoms with E-state index in [-0.39, 0.29) is 11.5 Å². The van der Waals surface area contributed by atoms with Gasteiger partial charge in [-0.3, -0.25) is 4.79 Å². The number of nitrogens with one attached hydrogen (secondary N) is 1. The van der Waals surface area contributed by atoms with Gasteiger partial charge in [-0.1, -0.05) is 43.3 Å². The number of quaternary nitrogens is 1. The van der Waals surface area contributed by atoms with Crippen molar-refractivity contribution in [2.45, 2.75) is 69.4 Å². The number of amides is 1. The summed E-state index contributed by atoms with van der Waals surface area (Å²) in [6.07, 6.45) is 3.14. The average molecular weight is 558 g/mol. The summed E-state index contributed by atoms with van der Waals surface area (Å²) in [5.74, 6) is -1.76. The Bertz CT molecular complexity index is 1320. The number of aliphatic hydroxyl groups is 1. The molecule has 3 unspecified atom stereocenters. The van der Waals surface area contributed by atoms with Gasteiger partial charge in [-0.15, -0.1) is 13.2 Å². The second kappa shape index (κ2) is 9.33. The Morgan fingerprint density at radius 1 is 1.30 bits per heavy atom. The molecule has 40 heavy (non-hydrogen) atoms. The van der Waals surface area contributed by atoms with Gasteiger partial charge in [-0.2, -0.15) is 0 Å². The summed E-state index contributed by atoms with van der Waals surface area (Å²) in [7, 11) is 2.31. The first kappa shape index (κ1) is 27.3. The summed E-state index contributed by atoms with van der Waals surface area (Å²) < 4.78 is 51.7. The van der Waals surface area contributed by atoms with Crippen LogP contribution in [-0.4, -0.2) is 66.0 Å². The molecular formula is C31H36F3N2O4+. The van der Waals surface area contributed by atoms with Crippen molar-refractivity contribution in [3.63, 3.8) is 0 Å². The maximum atomic E-state index is 13.4. The molecule has 6 nitrogen and oxygen atoms in total.